The molecule has 8 atom stereocenters. The highest BCUT2D eigenvalue weighted by Crippen LogP contribution is 2.76. The lowest BCUT2D eigenvalue weighted by molar-refractivity contribution is -0.284. The predicted molar refractivity (Wildman–Crippen MR) is 163 cm³/mol. The molecule has 1 aromatic carbocycles. The lowest BCUT2D eigenvalue weighted by atomic mass is 9.50. The van der Waals surface area contributed by atoms with Crippen LogP contribution in [0.1, 0.15) is 139 Å². The van der Waals surface area contributed by atoms with Crippen LogP contribution in [-0.2, 0) is 4.79 Å². The van der Waals surface area contributed by atoms with Crippen LogP contribution in [0.15, 0.2) is 18.2 Å². The minimum absolute atomic E-state index is 0.0413. The second-order valence-electron chi connectivity index (χ2n) is 15.3. The van der Waals surface area contributed by atoms with E-state index in [2.05, 4.69) is 6.92 Å². The van der Waals surface area contributed by atoms with Gasteiger partial charge in [0, 0.05) is 11.8 Å². The van der Waals surface area contributed by atoms with Crippen LogP contribution < -0.4 is 0 Å². The molecule has 3 saturated carbocycles. The van der Waals surface area contributed by atoms with Crippen LogP contribution >= 0.6 is 0 Å². The zero-order valence-corrected chi connectivity index (χ0v) is 26.9. The Hall–Kier alpha value is -1.94. The Kier molecular flexibility index (Phi) is 10.4. The van der Waals surface area contributed by atoms with Crippen molar-refractivity contribution in [3.63, 3.8) is 0 Å². The number of unbranched alkanes of at least 4 members (excludes halogenated alkanes) is 6. The largest absolute Gasteiger partial charge is 0.508 e. The van der Waals surface area contributed by atoms with Gasteiger partial charge in [-0.3, -0.25) is 4.79 Å². The van der Waals surface area contributed by atoms with Crippen LogP contribution in [-0.4, -0.2) is 44.6 Å². The summed E-state index contributed by atoms with van der Waals surface area (Å²) in [4.78, 5) is 11.5. The number of carbonyl (C=O) groups is 1. The number of halogens is 5. The summed E-state index contributed by atoms with van der Waals surface area (Å²) in [6.07, 6.45) is 3.79. The van der Waals surface area contributed by atoms with Crippen molar-refractivity contribution in [2.45, 2.75) is 146 Å². The molecule has 5 rings (SSSR count). The number of carboxylic acid groups (broad SMARTS) is 1. The summed E-state index contributed by atoms with van der Waals surface area (Å²) in [5, 5.41) is 42.5. The van der Waals surface area contributed by atoms with Gasteiger partial charge in [0.15, 0.2) is 0 Å². The molecule has 3 fully saturated rings. The summed E-state index contributed by atoms with van der Waals surface area (Å²) in [5.74, 6) is -5.66. The number of hydrogen-bond acceptors (Lipinski definition) is 4. The maximum atomic E-state index is 13.1. The zero-order valence-electron chi connectivity index (χ0n) is 26.9. The van der Waals surface area contributed by atoms with Gasteiger partial charge in [-0.25, -0.2) is 0 Å². The Bertz CT molecular complexity index is 1220. The number of carboxylic acids is 1. The second-order valence-corrected chi connectivity index (χ2v) is 15.3. The quantitative estimate of drug-likeness (QED) is 0.111. The van der Waals surface area contributed by atoms with Gasteiger partial charge in [-0.15, -0.1) is 0 Å². The first kappa shape index (κ1) is 35.4. The number of aromatic hydroxyl groups is 1. The van der Waals surface area contributed by atoms with E-state index < -0.39 is 42.9 Å². The van der Waals surface area contributed by atoms with E-state index in [0.717, 1.165) is 88.2 Å². The number of phenolic OH excluding ortho intramolecular Hbond substituents is 1. The van der Waals surface area contributed by atoms with Crippen LogP contribution in [0.25, 0.3) is 0 Å². The van der Waals surface area contributed by atoms with E-state index in [0.29, 0.717) is 24.2 Å². The fourth-order valence-corrected chi connectivity index (χ4v) is 10.1. The Labute approximate surface area is 269 Å². The fraction of sp³-hybridized carbons (Fsp3) is 0.806. The van der Waals surface area contributed by atoms with Crippen molar-refractivity contribution in [1.29, 1.82) is 0 Å². The number of benzene rings is 1. The number of aliphatic hydroxyl groups is 2. The Morgan fingerprint density at radius 3 is 2.17 bits per heavy atom. The van der Waals surface area contributed by atoms with Crippen LogP contribution in [0.2, 0.25) is 0 Å². The number of phenols is 1. The van der Waals surface area contributed by atoms with E-state index in [1.54, 1.807) is 12.1 Å². The molecule has 0 heterocycles. The van der Waals surface area contributed by atoms with Gasteiger partial charge in [-0.1, -0.05) is 57.9 Å². The average molecular weight is 659 g/mol. The molecule has 5 unspecified atom stereocenters. The molecule has 1 spiro atoms. The van der Waals surface area contributed by atoms with Crippen molar-refractivity contribution in [2.24, 2.45) is 34.5 Å². The molecule has 260 valence electrons. The third-order valence-corrected chi connectivity index (χ3v) is 12.8. The third-order valence-electron chi connectivity index (χ3n) is 12.8. The molecule has 0 saturated heterocycles. The van der Waals surface area contributed by atoms with Crippen LogP contribution in [0.3, 0.4) is 0 Å². The van der Waals surface area contributed by atoms with Crippen molar-refractivity contribution >= 4 is 5.97 Å². The number of alkyl halides is 5. The highest BCUT2D eigenvalue weighted by atomic mass is 19.4. The molecule has 0 bridgehead atoms. The Balaban J connectivity index is 1.08. The lowest BCUT2D eigenvalue weighted by Gasteiger charge is -2.55. The smallest absolute Gasteiger partial charge is 0.453 e. The number of rotatable bonds is 15. The molecule has 0 radical (unpaired) electrons. The van der Waals surface area contributed by atoms with E-state index in [1.165, 1.54) is 0 Å². The highest BCUT2D eigenvalue weighted by molar-refractivity contribution is 5.69. The van der Waals surface area contributed by atoms with Crippen molar-refractivity contribution in [2.75, 3.05) is 0 Å². The van der Waals surface area contributed by atoms with Crippen molar-refractivity contribution in [3.8, 4) is 5.75 Å². The van der Waals surface area contributed by atoms with Gasteiger partial charge in [0.1, 0.15) is 5.75 Å². The molecule has 4 N–H and O–H groups in total. The van der Waals surface area contributed by atoms with Gasteiger partial charge in [-0.05, 0) is 110 Å². The van der Waals surface area contributed by atoms with Crippen LogP contribution in [0, 0.1) is 34.5 Å². The number of fused-ring (bicyclic) bond motifs is 6. The molecule has 0 amide bonds. The van der Waals surface area contributed by atoms with Gasteiger partial charge in [0.25, 0.3) is 0 Å². The van der Waals surface area contributed by atoms with E-state index in [-0.39, 0.29) is 41.4 Å². The summed E-state index contributed by atoms with van der Waals surface area (Å²) in [6.45, 7) is 2.39. The van der Waals surface area contributed by atoms with E-state index in [4.69, 9.17) is 0 Å². The summed E-state index contributed by atoms with van der Waals surface area (Å²) < 4.78 is 63.4. The molecule has 1 aromatic rings. The van der Waals surface area contributed by atoms with Crippen LogP contribution in [0.4, 0.5) is 22.0 Å². The first-order valence-corrected chi connectivity index (χ1v) is 17.5. The predicted octanol–water partition coefficient (Wildman–Crippen LogP) is 9.30. The minimum Gasteiger partial charge on any atom is -0.508 e. The summed E-state index contributed by atoms with van der Waals surface area (Å²) in [5.41, 5.74) is 2.14. The summed E-state index contributed by atoms with van der Waals surface area (Å²) in [6, 6.07) is 5.45. The van der Waals surface area contributed by atoms with Crippen molar-refractivity contribution in [3.05, 3.63) is 29.3 Å². The molecular formula is C36H51F5O5. The Morgan fingerprint density at radius 1 is 0.913 bits per heavy atom. The van der Waals surface area contributed by atoms with Gasteiger partial charge in [0.2, 0.25) is 0 Å². The molecule has 46 heavy (non-hydrogen) atoms. The standard InChI is InChI=1S/C36H51F5O5/c1-33-17-15-25-24-14-13-23(42)20-27(24)31(44)26(30(25)28(33)21-29(43)34(33)18-19-34)12-8-6-4-2-3-5-7-10-22(32(45)46)11-9-16-35(37,38)36(39,40)41/h13-14,20,22,25-26,28-31,42-44H,2-12,15-19,21H2,1H3,(H,45,46)/t22?,25?,26?,28?,29-,30?,31-,33+/m1/s1. The first-order chi connectivity index (χ1) is 21.6. The highest BCUT2D eigenvalue weighted by Gasteiger charge is 2.71. The van der Waals surface area contributed by atoms with Gasteiger partial charge in [0.05, 0.1) is 18.1 Å². The topological polar surface area (TPSA) is 98.0 Å². The fourth-order valence-electron chi connectivity index (χ4n) is 10.1. The molecule has 0 aromatic heterocycles. The Morgan fingerprint density at radius 2 is 1.54 bits per heavy atom. The zero-order chi connectivity index (χ0) is 33.5. The number of hydrogen-bond donors (Lipinski definition) is 4. The summed E-state index contributed by atoms with van der Waals surface area (Å²) >= 11 is 0. The molecule has 4 aliphatic carbocycles. The number of aliphatic carboxylic acids is 1. The molecule has 5 nitrogen and oxygen atoms in total. The maximum Gasteiger partial charge on any atom is 0.453 e. The van der Waals surface area contributed by atoms with E-state index >= 15 is 0 Å². The van der Waals surface area contributed by atoms with Gasteiger partial charge in [-0.2, -0.15) is 22.0 Å². The monoisotopic (exact) mass is 658 g/mol. The molecule has 0 aliphatic heterocycles. The minimum atomic E-state index is -5.62. The maximum absolute atomic E-state index is 13.1. The molecule has 10 heteroatoms. The van der Waals surface area contributed by atoms with E-state index in [9.17, 15) is 47.2 Å². The lowest BCUT2D eigenvalue weighted by Crippen LogP contribution is -2.47. The van der Waals surface area contributed by atoms with Crippen LogP contribution in [0.5, 0.6) is 5.75 Å². The number of aliphatic hydroxyl groups excluding tert-OH is 2. The van der Waals surface area contributed by atoms with Gasteiger partial charge >= 0.3 is 18.1 Å². The van der Waals surface area contributed by atoms with Gasteiger partial charge < -0.3 is 20.4 Å². The normalized spacial score (nSPS) is 32.1. The van der Waals surface area contributed by atoms with Crippen molar-refractivity contribution in [1.82, 2.24) is 0 Å². The van der Waals surface area contributed by atoms with E-state index in [1.807, 2.05) is 6.07 Å². The third kappa shape index (κ3) is 6.68. The SMILES string of the molecule is C[C@]12CCC3c4ccc(O)cc4[C@H](O)C(CCCCCCCCCC(CCCC(F)(F)C(F)(F)F)C(=O)O)C3C1C[C@@H](O)C21CC1. The first-order valence-electron chi connectivity index (χ1n) is 17.5. The molecular weight excluding hydrogens is 607 g/mol. The summed E-state index contributed by atoms with van der Waals surface area (Å²) in [7, 11) is 0. The van der Waals surface area contributed by atoms with Crippen molar-refractivity contribution < 1.29 is 47.2 Å². The second kappa shape index (κ2) is 13.5. The average Bonchev–Trinajstić information content (AvgIpc) is 3.77. The molecule has 4 aliphatic rings.